The van der Waals surface area contributed by atoms with Crippen LogP contribution in [0.3, 0.4) is 0 Å². The molecule has 1 aromatic carbocycles. The molecule has 0 radical (unpaired) electrons. The van der Waals surface area contributed by atoms with Gasteiger partial charge in [-0.05, 0) is 19.0 Å². The van der Waals surface area contributed by atoms with Crippen LogP contribution in [0.5, 0.6) is 0 Å². The number of ketones is 1. The number of carboxylic acid groups (broad SMARTS) is 1. The number of hydrogen-bond acceptors (Lipinski definition) is 3. The summed E-state index contributed by atoms with van der Waals surface area (Å²) in [5.74, 6) is -0.827. The number of aryl methyl sites for hydroxylation is 1. The third kappa shape index (κ3) is 4.67. The lowest BCUT2D eigenvalue weighted by molar-refractivity contribution is -0.137. The van der Waals surface area contributed by atoms with Gasteiger partial charge in [-0.15, -0.1) is 0 Å². The Morgan fingerprint density at radius 1 is 1.22 bits per heavy atom. The highest BCUT2D eigenvalue weighted by atomic mass is 16.4. The molecule has 0 atom stereocenters. The Bertz CT molecular complexity index is 412. The van der Waals surface area contributed by atoms with Crippen LogP contribution in [0.4, 0.5) is 0 Å². The number of hydrogen-bond donors (Lipinski definition) is 1. The first-order valence-corrected chi connectivity index (χ1v) is 6.05. The summed E-state index contributed by atoms with van der Waals surface area (Å²) >= 11 is 0. The molecule has 0 amide bonds. The van der Waals surface area contributed by atoms with E-state index in [1.807, 2.05) is 24.3 Å². The molecule has 98 valence electrons. The molecule has 4 heteroatoms. The van der Waals surface area contributed by atoms with Crippen LogP contribution in [0.1, 0.15) is 29.3 Å². The minimum absolute atomic E-state index is 0.0190. The van der Waals surface area contributed by atoms with Crippen LogP contribution in [0.2, 0.25) is 0 Å². The highest BCUT2D eigenvalue weighted by Gasteiger charge is 2.10. The zero-order valence-electron chi connectivity index (χ0n) is 10.8. The van der Waals surface area contributed by atoms with E-state index >= 15 is 0 Å². The number of carbonyl (C=O) groups is 2. The largest absolute Gasteiger partial charge is 0.481 e. The SMILES string of the molecule is CCc1ccc(C(=O)CN(C)CCC(=O)O)cc1. The van der Waals surface area contributed by atoms with Gasteiger partial charge in [0.1, 0.15) is 0 Å². The molecular formula is C14H19NO3. The van der Waals surface area contributed by atoms with Crippen LogP contribution in [-0.2, 0) is 11.2 Å². The van der Waals surface area contributed by atoms with Gasteiger partial charge in [-0.1, -0.05) is 31.2 Å². The Morgan fingerprint density at radius 3 is 2.33 bits per heavy atom. The molecule has 0 saturated carbocycles. The standard InChI is InChI=1S/C14H19NO3/c1-3-11-4-6-12(7-5-11)13(16)10-15(2)9-8-14(17)18/h4-7H,3,8-10H2,1-2H3,(H,17,18). The molecule has 0 unspecified atom stereocenters. The maximum absolute atomic E-state index is 11.9. The fourth-order valence-electron chi connectivity index (χ4n) is 1.63. The molecule has 4 nitrogen and oxygen atoms in total. The zero-order valence-corrected chi connectivity index (χ0v) is 10.8. The molecule has 0 aliphatic rings. The maximum atomic E-state index is 11.9. The van der Waals surface area contributed by atoms with Crippen molar-refractivity contribution in [3.63, 3.8) is 0 Å². The van der Waals surface area contributed by atoms with Gasteiger partial charge in [-0.25, -0.2) is 0 Å². The van der Waals surface area contributed by atoms with Crippen LogP contribution in [-0.4, -0.2) is 41.9 Å². The van der Waals surface area contributed by atoms with E-state index in [9.17, 15) is 9.59 Å². The molecule has 0 spiro atoms. The molecule has 18 heavy (non-hydrogen) atoms. The lowest BCUT2D eigenvalue weighted by atomic mass is 10.1. The number of benzene rings is 1. The van der Waals surface area contributed by atoms with Gasteiger partial charge in [-0.3, -0.25) is 14.5 Å². The third-order valence-electron chi connectivity index (χ3n) is 2.81. The van der Waals surface area contributed by atoms with E-state index in [2.05, 4.69) is 6.92 Å². The van der Waals surface area contributed by atoms with Crippen LogP contribution >= 0.6 is 0 Å². The van der Waals surface area contributed by atoms with Crippen LogP contribution in [0.25, 0.3) is 0 Å². The minimum atomic E-state index is -0.846. The summed E-state index contributed by atoms with van der Waals surface area (Å²) in [6.07, 6.45) is 1.01. The summed E-state index contributed by atoms with van der Waals surface area (Å²) in [4.78, 5) is 24.1. The predicted molar refractivity (Wildman–Crippen MR) is 69.9 cm³/mol. The number of Topliss-reactive ketones (excluding diaryl/α,β-unsaturated/α-hetero) is 1. The lowest BCUT2D eigenvalue weighted by Gasteiger charge is -2.14. The molecule has 0 aromatic heterocycles. The van der Waals surface area contributed by atoms with Gasteiger partial charge in [0, 0.05) is 12.1 Å². The molecule has 1 N–H and O–H groups in total. The van der Waals surface area contributed by atoms with Crippen LogP contribution in [0, 0.1) is 0 Å². The van der Waals surface area contributed by atoms with E-state index in [0.29, 0.717) is 12.1 Å². The van der Waals surface area contributed by atoms with Gasteiger partial charge >= 0.3 is 5.97 Å². The summed E-state index contributed by atoms with van der Waals surface area (Å²) < 4.78 is 0. The van der Waals surface area contributed by atoms with Crippen molar-refractivity contribution in [1.29, 1.82) is 0 Å². The number of aliphatic carboxylic acids is 1. The van der Waals surface area contributed by atoms with Crippen molar-refractivity contribution < 1.29 is 14.7 Å². The van der Waals surface area contributed by atoms with Gasteiger partial charge in [0.2, 0.25) is 0 Å². The maximum Gasteiger partial charge on any atom is 0.304 e. The van der Waals surface area contributed by atoms with E-state index in [1.54, 1.807) is 11.9 Å². The molecule has 1 rings (SSSR count). The van der Waals surface area contributed by atoms with Gasteiger partial charge < -0.3 is 5.11 Å². The number of carbonyl (C=O) groups excluding carboxylic acids is 1. The summed E-state index contributed by atoms with van der Waals surface area (Å²) in [7, 11) is 1.75. The highest BCUT2D eigenvalue weighted by molar-refractivity contribution is 5.97. The average molecular weight is 249 g/mol. The fourth-order valence-corrected chi connectivity index (χ4v) is 1.63. The molecule has 0 bridgehead atoms. The van der Waals surface area contributed by atoms with Crippen molar-refractivity contribution in [2.75, 3.05) is 20.1 Å². The normalized spacial score (nSPS) is 10.6. The smallest absolute Gasteiger partial charge is 0.304 e. The number of carboxylic acids is 1. The fraction of sp³-hybridized carbons (Fsp3) is 0.429. The molecule has 0 aliphatic heterocycles. The molecule has 0 aliphatic carbocycles. The molecule has 0 saturated heterocycles. The second kappa shape index (κ2) is 6.91. The minimum Gasteiger partial charge on any atom is -0.481 e. The van der Waals surface area contributed by atoms with Gasteiger partial charge in [0.25, 0.3) is 0 Å². The van der Waals surface area contributed by atoms with Crippen molar-refractivity contribution in [1.82, 2.24) is 4.90 Å². The average Bonchev–Trinajstić information content (AvgIpc) is 2.36. The summed E-state index contributed by atoms with van der Waals surface area (Å²) in [5.41, 5.74) is 1.88. The van der Waals surface area contributed by atoms with Crippen molar-refractivity contribution >= 4 is 11.8 Å². The summed E-state index contributed by atoms with van der Waals surface area (Å²) in [6, 6.07) is 7.55. The Kier molecular flexibility index (Phi) is 5.52. The first kappa shape index (κ1) is 14.4. The van der Waals surface area contributed by atoms with Gasteiger partial charge in [0.15, 0.2) is 5.78 Å². The summed E-state index contributed by atoms with van der Waals surface area (Å²) in [5, 5.41) is 8.56. The zero-order chi connectivity index (χ0) is 13.5. The Morgan fingerprint density at radius 2 is 1.83 bits per heavy atom. The Balaban J connectivity index is 2.50. The number of likely N-dealkylation sites (N-methyl/N-ethyl adjacent to an activating group) is 1. The second-order valence-electron chi connectivity index (χ2n) is 4.36. The predicted octanol–water partition coefficient (Wildman–Crippen LogP) is 1.84. The third-order valence-corrected chi connectivity index (χ3v) is 2.81. The van der Waals surface area contributed by atoms with Gasteiger partial charge in [-0.2, -0.15) is 0 Å². The van der Waals surface area contributed by atoms with E-state index < -0.39 is 5.97 Å². The Hall–Kier alpha value is -1.68. The Labute approximate surface area is 107 Å². The van der Waals surface area contributed by atoms with E-state index in [4.69, 9.17) is 5.11 Å². The lowest BCUT2D eigenvalue weighted by Crippen LogP contribution is -2.28. The molecule has 1 aromatic rings. The van der Waals surface area contributed by atoms with Crippen LogP contribution in [0.15, 0.2) is 24.3 Å². The van der Waals surface area contributed by atoms with Crippen molar-refractivity contribution in [3.05, 3.63) is 35.4 Å². The van der Waals surface area contributed by atoms with Crippen LogP contribution < -0.4 is 0 Å². The van der Waals surface area contributed by atoms with Crippen molar-refractivity contribution in [2.24, 2.45) is 0 Å². The quantitative estimate of drug-likeness (QED) is 0.749. The highest BCUT2D eigenvalue weighted by Crippen LogP contribution is 2.06. The van der Waals surface area contributed by atoms with Gasteiger partial charge in [0.05, 0.1) is 13.0 Å². The van der Waals surface area contributed by atoms with Crippen molar-refractivity contribution in [2.45, 2.75) is 19.8 Å². The van der Waals surface area contributed by atoms with E-state index in [0.717, 1.165) is 6.42 Å². The molecule has 0 heterocycles. The number of nitrogens with zero attached hydrogens (tertiary/aromatic N) is 1. The summed E-state index contributed by atoms with van der Waals surface area (Å²) in [6.45, 7) is 2.70. The van der Waals surface area contributed by atoms with E-state index in [-0.39, 0.29) is 18.7 Å². The monoisotopic (exact) mass is 249 g/mol. The molecular weight excluding hydrogens is 230 g/mol. The number of rotatable bonds is 7. The topological polar surface area (TPSA) is 57.6 Å². The molecule has 0 fully saturated rings. The van der Waals surface area contributed by atoms with Crippen molar-refractivity contribution in [3.8, 4) is 0 Å². The first-order chi connectivity index (χ1) is 8.52. The second-order valence-corrected chi connectivity index (χ2v) is 4.36. The first-order valence-electron chi connectivity index (χ1n) is 6.05. The van der Waals surface area contributed by atoms with E-state index in [1.165, 1.54) is 5.56 Å².